The largest absolute Gasteiger partial charge is 0.493 e. The standard InChI is InChI=1S/C17H17NO3/c1-3-20-17-13-9-15(19-2)16(10-14(13)18-17)21-11-12-7-5-4-6-8-12/h4-10H,3,11H2,1-2H3. The third kappa shape index (κ3) is 2.70. The molecule has 21 heavy (non-hydrogen) atoms. The summed E-state index contributed by atoms with van der Waals surface area (Å²) in [6.07, 6.45) is 0. The maximum absolute atomic E-state index is 5.84. The van der Waals surface area contributed by atoms with Crippen LogP contribution in [0.4, 0.5) is 0 Å². The number of nitrogens with zero attached hydrogens (tertiary/aromatic N) is 1. The average Bonchev–Trinajstić information content (AvgIpc) is 2.52. The van der Waals surface area contributed by atoms with Gasteiger partial charge in [0.15, 0.2) is 11.5 Å². The summed E-state index contributed by atoms with van der Waals surface area (Å²) < 4.78 is 16.7. The fraction of sp³-hybridized carbons (Fsp3) is 0.235. The molecule has 0 amide bonds. The molecule has 4 heteroatoms. The molecule has 2 aromatic carbocycles. The van der Waals surface area contributed by atoms with Crippen molar-refractivity contribution in [2.75, 3.05) is 13.7 Å². The summed E-state index contributed by atoms with van der Waals surface area (Å²) in [7, 11) is 1.63. The fourth-order valence-electron chi connectivity index (χ4n) is 2.18. The van der Waals surface area contributed by atoms with E-state index in [0.717, 1.165) is 16.1 Å². The SMILES string of the molecule is CCOC1=c2cc(OC)c(OCc3ccccc3)cc2=N1. The molecule has 0 bridgehead atoms. The van der Waals surface area contributed by atoms with Crippen LogP contribution in [-0.2, 0) is 11.3 Å². The van der Waals surface area contributed by atoms with Crippen LogP contribution in [0.2, 0.25) is 0 Å². The molecule has 4 nitrogen and oxygen atoms in total. The zero-order valence-electron chi connectivity index (χ0n) is 12.1. The first-order valence-corrected chi connectivity index (χ1v) is 6.92. The van der Waals surface area contributed by atoms with Gasteiger partial charge in [-0.2, -0.15) is 0 Å². The Balaban J connectivity index is 1.84. The Hall–Kier alpha value is -2.49. The van der Waals surface area contributed by atoms with Crippen molar-refractivity contribution >= 4 is 5.88 Å². The Labute approximate surface area is 123 Å². The van der Waals surface area contributed by atoms with Gasteiger partial charge in [-0.1, -0.05) is 30.3 Å². The second-order valence-electron chi connectivity index (χ2n) is 4.64. The molecule has 0 saturated carbocycles. The van der Waals surface area contributed by atoms with E-state index in [0.29, 0.717) is 30.6 Å². The summed E-state index contributed by atoms with van der Waals surface area (Å²) in [5, 5.41) is 1.85. The van der Waals surface area contributed by atoms with Crippen molar-refractivity contribution in [2.45, 2.75) is 13.5 Å². The number of methoxy groups -OCH3 is 1. The van der Waals surface area contributed by atoms with Crippen LogP contribution < -0.4 is 20.0 Å². The zero-order chi connectivity index (χ0) is 14.7. The molecule has 108 valence electrons. The first-order chi connectivity index (χ1) is 10.3. The highest BCUT2D eigenvalue weighted by Crippen LogP contribution is 2.25. The lowest BCUT2D eigenvalue weighted by molar-refractivity contribution is 0.275. The molecule has 0 radical (unpaired) electrons. The second kappa shape index (κ2) is 5.87. The smallest absolute Gasteiger partial charge is 0.223 e. The van der Waals surface area contributed by atoms with E-state index in [1.54, 1.807) is 7.11 Å². The summed E-state index contributed by atoms with van der Waals surface area (Å²) in [6.45, 7) is 3.04. The lowest BCUT2D eigenvalue weighted by Gasteiger charge is -2.15. The Morgan fingerprint density at radius 1 is 1.00 bits per heavy atom. The molecule has 1 heterocycles. The highest BCUT2D eigenvalue weighted by atomic mass is 16.5. The van der Waals surface area contributed by atoms with Crippen LogP contribution >= 0.6 is 0 Å². The van der Waals surface area contributed by atoms with Crippen LogP contribution in [0.25, 0.3) is 5.88 Å². The predicted molar refractivity (Wildman–Crippen MR) is 79.6 cm³/mol. The molecular weight excluding hydrogens is 266 g/mol. The number of benzene rings is 2. The summed E-state index contributed by atoms with van der Waals surface area (Å²) in [5.41, 5.74) is 1.11. The molecule has 0 saturated heterocycles. The normalized spacial score (nSPS) is 12.0. The average molecular weight is 283 g/mol. The van der Waals surface area contributed by atoms with Gasteiger partial charge in [0, 0.05) is 6.07 Å². The van der Waals surface area contributed by atoms with Crippen molar-refractivity contribution in [3.63, 3.8) is 0 Å². The highest BCUT2D eigenvalue weighted by Gasteiger charge is 2.14. The quantitative estimate of drug-likeness (QED) is 0.814. The van der Waals surface area contributed by atoms with Crippen LogP contribution in [0.15, 0.2) is 47.5 Å². The molecule has 0 spiro atoms. The Morgan fingerprint density at radius 2 is 1.81 bits per heavy atom. The molecule has 0 aromatic heterocycles. The second-order valence-corrected chi connectivity index (χ2v) is 4.64. The summed E-state index contributed by atoms with van der Waals surface area (Å²) >= 11 is 0. The molecule has 0 atom stereocenters. The van der Waals surface area contributed by atoms with Gasteiger partial charge in [-0.15, -0.1) is 0 Å². The van der Waals surface area contributed by atoms with Gasteiger partial charge in [0.2, 0.25) is 5.88 Å². The van der Waals surface area contributed by atoms with E-state index < -0.39 is 0 Å². The van der Waals surface area contributed by atoms with Gasteiger partial charge in [0.25, 0.3) is 0 Å². The molecule has 0 aliphatic carbocycles. The minimum absolute atomic E-state index is 0.498. The highest BCUT2D eigenvalue weighted by molar-refractivity contribution is 5.50. The topological polar surface area (TPSA) is 40.0 Å². The minimum Gasteiger partial charge on any atom is -0.493 e. The van der Waals surface area contributed by atoms with Gasteiger partial charge < -0.3 is 14.2 Å². The van der Waals surface area contributed by atoms with Crippen molar-refractivity contribution in [1.82, 2.24) is 0 Å². The van der Waals surface area contributed by atoms with Gasteiger partial charge in [-0.05, 0) is 18.6 Å². The predicted octanol–water partition coefficient (Wildman–Crippen LogP) is 2.01. The van der Waals surface area contributed by atoms with E-state index in [-0.39, 0.29) is 0 Å². The van der Waals surface area contributed by atoms with Gasteiger partial charge in [0.1, 0.15) is 6.61 Å². The van der Waals surface area contributed by atoms with E-state index in [1.807, 2.05) is 49.4 Å². The molecule has 1 aliphatic rings. The molecule has 1 aliphatic heterocycles. The molecule has 2 aromatic rings. The van der Waals surface area contributed by atoms with E-state index in [2.05, 4.69) is 4.99 Å². The van der Waals surface area contributed by atoms with E-state index in [9.17, 15) is 0 Å². The summed E-state index contributed by atoms with van der Waals surface area (Å²) in [5.74, 6) is 2.05. The van der Waals surface area contributed by atoms with E-state index >= 15 is 0 Å². The number of fused-ring (bicyclic) bond motifs is 1. The van der Waals surface area contributed by atoms with Crippen LogP contribution in [0.1, 0.15) is 12.5 Å². The molecule has 0 N–H and O–H groups in total. The Bertz CT molecular complexity index is 754. The third-order valence-electron chi connectivity index (χ3n) is 3.25. The summed E-state index contributed by atoms with van der Waals surface area (Å²) in [6, 6.07) is 13.8. The van der Waals surface area contributed by atoms with Crippen molar-refractivity contribution in [3.8, 4) is 11.5 Å². The number of hydrogen-bond acceptors (Lipinski definition) is 4. The number of rotatable bonds is 6. The third-order valence-corrected chi connectivity index (χ3v) is 3.25. The number of ether oxygens (including phenoxy) is 3. The summed E-state index contributed by atoms with van der Waals surface area (Å²) in [4.78, 5) is 4.32. The van der Waals surface area contributed by atoms with Crippen molar-refractivity contribution in [3.05, 3.63) is 58.6 Å². The van der Waals surface area contributed by atoms with Crippen molar-refractivity contribution in [1.29, 1.82) is 0 Å². The monoisotopic (exact) mass is 283 g/mol. The van der Waals surface area contributed by atoms with Crippen LogP contribution in [-0.4, -0.2) is 13.7 Å². The first kappa shape index (κ1) is 13.5. The van der Waals surface area contributed by atoms with Gasteiger partial charge in [-0.25, -0.2) is 4.99 Å². The van der Waals surface area contributed by atoms with E-state index in [1.165, 1.54) is 0 Å². The Morgan fingerprint density at radius 3 is 2.52 bits per heavy atom. The van der Waals surface area contributed by atoms with Gasteiger partial charge in [0.05, 0.1) is 24.3 Å². The van der Waals surface area contributed by atoms with Gasteiger partial charge in [-0.3, -0.25) is 0 Å². The Kier molecular flexibility index (Phi) is 3.77. The molecular formula is C17H17NO3. The molecule has 3 rings (SSSR count). The first-order valence-electron chi connectivity index (χ1n) is 6.92. The maximum atomic E-state index is 5.84. The number of hydrogen-bond donors (Lipinski definition) is 0. The van der Waals surface area contributed by atoms with Crippen LogP contribution in [0, 0.1) is 0 Å². The lowest BCUT2D eigenvalue weighted by Crippen LogP contribution is -2.36. The van der Waals surface area contributed by atoms with Crippen molar-refractivity contribution in [2.24, 2.45) is 4.99 Å². The van der Waals surface area contributed by atoms with E-state index in [4.69, 9.17) is 14.2 Å². The molecule has 0 fully saturated rings. The fourth-order valence-corrected chi connectivity index (χ4v) is 2.18. The maximum Gasteiger partial charge on any atom is 0.223 e. The molecule has 0 unspecified atom stereocenters. The van der Waals surface area contributed by atoms with Gasteiger partial charge >= 0.3 is 0 Å². The zero-order valence-corrected chi connectivity index (χ0v) is 12.1. The van der Waals surface area contributed by atoms with Crippen LogP contribution in [0.3, 0.4) is 0 Å². The lowest BCUT2D eigenvalue weighted by atomic mass is 10.2. The van der Waals surface area contributed by atoms with Crippen molar-refractivity contribution < 1.29 is 14.2 Å². The minimum atomic E-state index is 0.498. The van der Waals surface area contributed by atoms with Crippen LogP contribution in [0.5, 0.6) is 11.5 Å².